The lowest BCUT2D eigenvalue weighted by Crippen LogP contribution is -2.26. The first-order valence-electron chi connectivity index (χ1n) is 9.82. The summed E-state index contributed by atoms with van der Waals surface area (Å²) in [5, 5.41) is 5.86. The van der Waals surface area contributed by atoms with Gasteiger partial charge in [-0.05, 0) is 48.7 Å². The van der Waals surface area contributed by atoms with Crippen molar-refractivity contribution in [3.63, 3.8) is 0 Å². The van der Waals surface area contributed by atoms with Gasteiger partial charge < -0.3 is 10.6 Å². The number of benzene rings is 3. The molecular weight excluding hydrogens is 392 g/mol. The molecule has 3 aromatic rings. The van der Waals surface area contributed by atoms with Crippen LogP contribution in [0.25, 0.3) is 6.08 Å². The molecule has 30 heavy (non-hydrogen) atoms. The number of aryl methyl sites for hydroxylation is 1. The number of hydrogen-bond acceptors (Lipinski definition) is 3. The van der Waals surface area contributed by atoms with Crippen LogP contribution in [0.3, 0.4) is 0 Å². The molecule has 0 fully saturated rings. The summed E-state index contributed by atoms with van der Waals surface area (Å²) in [4.78, 5) is 26.6. The van der Waals surface area contributed by atoms with E-state index in [1.807, 2.05) is 42.5 Å². The minimum atomic E-state index is -0.159. The third kappa shape index (κ3) is 4.81. The van der Waals surface area contributed by atoms with E-state index in [1.165, 1.54) is 22.9 Å². The van der Waals surface area contributed by atoms with E-state index in [1.54, 1.807) is 12.1 Å². The van der Waals surface area contributed by atoms with Gasteiger partial charge in [0.2, 0.25) is 0 Å². The first-order chi connectivity index (χ1) is 14.6. The molecule has 0 aromatic heterocycles. The molecule has 0 saturated heterocycles. The van der Waals surface area contributed by atoms with Crippen molar-refractivity contribution < 1.29 is 9.59 Å². The van der Waals surface area contributed by atoms with Gasteiger partial charge in [0.15, 0.2) is 0 Å². The fourth-order valence-electron chi connectivity index (χ4n) is 3.18. The minimum Gasteiger partial charge on any atom is -0.352 e. The van der Waals surface area contributed by atoms with Crippen LogP contribution in [-0.4, -0.2) is 18.4 Å². The Kier molecular flexibility index (Phi) is 6.00. The molecule has 2 amide bonds. The summed E-state index contributed by atoms with van der Waals surface area (Å²) in [5.41, 5.74) is 4.59. The van der Waals surface area contributed by atoms with Gasteiger partial charge >= 0.3 is 0 Å². The second-order valence-corrected chi connectivity index (χ2v) is 8.26. The van der Waals surface area contributed by atoms with E-state index < -0.39 is 0 Å². The average Bonchev–Trinajstić information content (AvgIpc) is 2.76. The second kappa shape index (κ2) is 9.01. The third-order valence-electron chi connectivity index (χ3n) is 4.85. The number of fused-ring (bicyclic) bond motifs is 1. The number of carbonyl (C=O) groups excluding carboxylic acids is 2. The van der Waals surface area contributed by atoms with Gasteiger partial charge in [-0.1, -0.05) is 71.9 Å². The third-order valence-corrected chi connectivity index (χ3v) is 5.95. The molecule has 2 N–H and O–H groups in total. The zero-order chi connectivity index (χ0) is 20.9. The first kappa shape index (κ1) is 20.0. The predicted octanol–water partition coefficient (Wildman–Crippen LogP) is 5.05. The molecule has 0 unspecified atom stereocenters. The molecule has 0 radical (unpaired) electrons. The monoisotopic (exact) mass is 414 g/mol. The molecule has 0 spiro atoms. The molecule has 4 nitrogen and oxygen atoms in total. The Morgan fingerprint density at radius 2 is 1.80 bits per heavy atom. The molecule has 1 aliphatic heterocycles. The van der Waals surface area contributed by atoms with Gasteiger partial charge in [-0.25, -0.2) is 0 Å². The molecule has 4 rings (SSSR count). The number of rotatable bonds is 5. The van der Waals surface area contributed by atoms with Gasteiger partial charge in [0, 0.05) is 17.0 Å². The van der Waals surface area contributed by atoms with E-state index in [-0.39, 0.29) is 11.8 Å². The molecule has 3 aromatic carbocycles. The van der Waals surface area contributed by atoms with Crippen LogP contribution in [0, 0.1) is 6.92 Å². The second-order valence-electron chi connectivity index (χ2n) is 7.18. The topological polar surface area (TPSA) is 58.2 Å². The lowest BCUT2D eigenvalue weighted by molar-refractivity contribution is -0.112. The van der Waals surface area contributed by atoms with Gasteiger partial charge in [-0.15, -0.1) is 0 Å². The van der Waals surface area contributed by atoms with E-state index in [0.717, 1.165) is 16.9 Å². The molecule has 1 heterocycles. The normalized spacial score (nSPS) is 14.2. The zero-order valence-electron chi connectivity index (χ0n) is 16.6. The smallest absolute Gasteiger partial charge is 0.262 e. The lowest BCUT2D eigenvalue weighted by atomic mass is 10.1. The number of nitrogens with one attached hydrogen (secondary N) is 2. The van der Waals surface area contributed by atoms with Crippen LogP contribution in [0.2, 0.25) is 0 Å². The maximum atomic E-state index is 12.5. The molecule has 0 saturated carbocycles. The van der Waals surface area contributed by atoms with Crippen molar-refractivity contribution in [3.05, 3.63) is 100.0 Å². The molecular formula is C25H22N2O2S. The quantitative estimate of drug-likeness (QED) is 0.574. The molecule has 1 aliphatic rings. The maximum absolute atomic E-state index is 12.5. The SMILES string of the molecule is Cc1ccc(CCNC(=O)c2ccc3c(c2)NC(=O)C(=Cc2ccccc2)S3)cc1. The largest absolute Gasteiger partial charge is 0.352 e. The predicted molar refractivity (Wildman–Crippen MR) is 123 cm³/mol. The highest BCUT2D eigenvalue weighted by molar-refractivity contribution is 8.04. The first-order valence-corrected chi connectivity index (χ1v) is 10.6. The summed E-state index contributed by atoms with van der Waals surface area (Å²) in [6.45, 7) is 2.61. The Bertz CT molecular complexity index is 1110. The van der Waals surface area contributed by atoms with E-state index in [4.69, 9.17) is 0 Å². The van der Waals surface area contributed by atoms with E-state index in [2.05, 4.69) is 41.8 Å². The number of thioether (sulfide) groups is 1. The Hall–Kier alpha value is -3.31. The zero-order valence-corrected chi connectivity index (χ0v) is 17.5. The number of carbonyl (C=O) groups is 2. The number of anilines is 1. The van der Waals surface area contributed by atoms with Crippen LogP contribution >= 0.6 is 11.8 Å². The summed E-state index contributed by atoms with van der Waals surface area (Å²) < 4.78 is 0. The van der Waals surface area contributed by atoms with Crippen molar-refractivity contribution in [2.24, 2.45) is 0 Å². The van der Waals surface area contributed by atoms with E-state index in [0.29, 0.717) is 22.7 Å². The van der Waals surface area contributed by atoms with Crippen LogP contribution in [0.1, 0.15) is 27.0 Å². The average molecular weight is 415 g/mol. The van der Waals surface area contributed by atoms with Gasteiger partial charge in [0.25, 0.3) is 11.8 Å². The van der Waals surface area contributed by atoms with Crippen LogP contribution < -0.4 is 10.6 Å². The highest BCUT2D eigenvalue weighted by Gasteiger charge is 2.22. The Balaban J connectivity index is 1.41. The van der Waals surface area contributed by atoms with Crippen LogP contribution in [0.4, 0.5) is 5.69 Å². The van der Waals surface area contributed by atoms with Crippen LogP contribution in [0.5, 0.6) is 0 Å². The van der Waals surface area contributed by atoms with Crippen molar-refractivity contribution in [2.45, 2.75) is 18.2 Å². The minimum absolute atomic E-state index is 0.144. The summed E-state index contributed by atoms with van der Waals surface area (Å²) in [6, 6.07) is 23.5. The molecule has 0 aliphatic carbocycles. The van der Waals surface area contributed by atoms with Gasteiger partial charge in [-0.3, -0.25) is 9.59 Å². The highest BCUT2D eigenvalue weighted by atomic mass is 32.2. The highest BCUT2D eigenvalue weighted by Crippen LogP contribution is 2.39. The Morgan fingerprint density at radius 3 is 2.57 bits per heavy atom. The summed E-state index contributed by atoms with van der Waals surface area (Å²) in [5.74, 6) is -0.303. The summed E-state index contributed by atoms with van der Waals surface area (Å²) in [7, 11) is 0. The molecule has 5 heteroatoms. The summed E-state index contributed by atoms with van der Waals surface area (Å²) >= 11 is 1.41. The standard InChI is InChI=1S/C25H22N2O2S/c1-17-7-9-18(10-8-17)13-14-26-24(28)20-11-12-22-21(16-20)27-25(29)23(30-22)15-19-5-3-2-4-6-19/h2-12,15-16H,13-14H2,1H3,(H,26,28)(H,27,29). The van der Waals surface area contributed by atoms with Gasteiger partial charge in [-0.2, -0.15) is 0 Å². The molecule has 0 bridgehead atoms. The maximum Gasteiger partial charge on any atom is 0.262 e. The van der Waals surface area contributed by atoms with Crippen molar-refractivity contribution >= 4 is 35.3 Å². The van der Waals surface area contributed by atoms with Gasteiger partial charge in [0.1, 0.15) is 0 Å². The molecule has 150 valence electrons. The van der Waals surface area contributed by atoms with E-state index in [9.17, 15) is 9.59 Å². The molecule has 0 atom stereocenters. The van der Waals surface area contributed by atoms with Crippen LogP contribution in [0.15, 0.2) is 82.6 Å². The number of amides is 2. The van der Waals surface area contributed by atoms with Crippen molar-refractivity contribution in [2.75, 3.05) is 11.9 Å². The number of hydrogen-bond donors (Lipinski definition) is 2. The Morgan fingerprint density at radius 1 is 1.03 bits per heavy atom. The fraction of sp³-hybridized carbons (Fsp3) is 0.120. The summed E-state index contributed by atoms with van der Waals surface area (Å²) in [6.07, 6.45) is 2.64. The van der Waals surface area contributed by atoms with Gasteiger partial charge in [0.05, 0.1) is 10.6 Å². The lowest BCUT2D eigenvalue weighted by Gasteiger charge is -2.19. The van der Waals surface area contributed by atoms with Crippen molar-refractivity contribution in [3.8, 4) is 0 Å². The van der Waals surface area contributed by atoms with Crippen molar-refractivity contribution in [1.82, 2.24) is 5.32 Å². The van der Waals surface area contributed by atoms with E-state index >= 15 is 0 Å². The Labute approximate surface area is 180 Å². The van der Waals surface area contributed by atoms with Crippen LogP contribution in [-0.2, 0) is 11.2 Å². The van der Waals surface area contributed by atoms with Crippen molar-refractivity contribution in [1.29, 1.82) is 0 Å². The fourth-order valence-corrected chi connectivity index (χ4v) is 4.11.